The number of benzene rings is 2. The topological polar surface area (TPSA) is 118 Å². The molecular weight excluding hydrogens is 444 g/mol. The third kappa shape index (κ3) is 4.54. The quantitative estimate of drug-likeness (QED) is 0.466. The van der Waals surface area contributed by atoms with Crippen LogP contribution < -0.4 is 0 Å². The molecule has 3 rings (SSSR count). The van der Waals surface area contributed by atoms with Crippen LogP contribution in [0.25, 0.3) is 0 Å². The molecule has 0 amide bonds. The van der Waals surface area contributed by atoms with Crippen LogP contribution in [0.5, 0.6) is 0 Å². The molecule has 1 heterocycles. The van der Waals surface area contributed by atoms with Crippen molar-refractivity contribution in [3.63, 3.8) is 0 Å². The first-order chi connectivity index (χ1) is 14.6. The minimum absolute atomic E-state index is 0.0323. The van der Waals surface area contributed by atoms with Crippen molar-refractivity contribution < 1.29 is 31.2 Å². The number of esters is 1. The van der Waals surface area contributed by atoms with Crippen LogP contribution in [-0.2, 0) is 24.8 Å². The smallest absolute Gasteiger partial charge is 0.339 e. The number of carbonyl (C=O) groups is 2. The number of ketones is 1. The van der Waals surface area contributed by atoms with Crippen LogP contribution in [0.15, 0.2) is 58.3 Å². The van der Waals surface area contributed by atoms with Gasteiger partial charge in [-0.1, -0.05) is 24.3 Å². The van der Waals surface area contributed by atoms with Gasteiger partial charge in [0.05, 0.1) is 22.5 Å². The van der Waals surface area contributed by atoms with E-state index in [1.54, 1.807) is 0 Å². The largest absolute Gasteiger partial charge is 0.465 e. The minimum Gasteiger partial charge on any atom is -0.465 e. The second kappa shape index (κ2) is 8.87. The van der Waals surface area contributed by atoms with Gasteiger partial charge in [0.15, 0.2) is 5.78 Å². The summed E-state index contributed by atoms with van der Waals surface area (Å²) < 4.78 is 58.9. The van der Waals surface area contributed by atoms with Gasteiger partial charge in [-0.25, -0.2) is 21.6 Å². The molecule has 0 atom stereocenters. The molecule has 1 aliphatic rings. The first-order valence-electron chi connectivity index (χ1n) is 9.37. The Balaban J connectivity index is 1.79. The van der Waals surface area contributed by atoms with E-state index in [0.29, 0.717) is 5.56 Å². The normalized spacial score (nSPS) is 16.1. The molecule has 0 N–H and O–H groups in total. The van der Waals surface area contributed by atoms with E-state index >= 15 is 0 Å². The molecule has 1 saturated heterocycles. The molecule has 0 aliphatic carbocycles. The van der Waals surface area contributed by atoms with Crippen LogP contribution >= 0.6 is 0 Å². The summed E-state index contributed by atoms with van der Waals surface area (Å²) in [6, 6.07) is 11.3. The summed E-state index contributed by atoms with van der Waals surface area (Å²) in [6.07, 6.45) is 0. The number of sulfonamides is 2. The van der Waals surface area contributed by atoms with Gasteiger partial charge in [0.1, 0.15) is 0 Å². The van der Waals surface area contributed by atoms with E-state index in [1.165, 1.54) is 59.8 Å². The van der Waals surface area contributed by atoms with Crippen LogP contribution in [0.1, 0.15) is 27.6 Å². The number of hydrogen-bond donors (Lipinski definition) is 0. The van der Waals surface area contributed by atoms with Crippen LogP contribution in [0.3, 0.4) is 0 Å². The summed E-state index contributed by atoms with van der Waals surface area (Å²) in [5.41, 5.74) is 0.324. The third-order valence-electron chi connectivity index (χ3n) is 5.01. The highest BCUT2D eigenvalue weighted by Crippen LogP contribution is 2.24. The Kier molecular flexibility index (Phi) is 6.60. The summed E-state index contributed by atoms with van der Waals surface area (Å²) in [6.45, 7) is 1.17. The molecule has 0 spiro atoms. The Morgan fingerprint density at radius 3 is 1.84 bits per heavy atom. The van der Waals surface area contributed by atoms with Gasteiger partial charge in [0.2, 0.25) is 20.0 Å². The summed E-state index contributed by atoms with van der Waals surface area (Å²) in [7, 11) is -6.70. The Labute approximate surface area is 181 Å². The fraction of sp³-hybridized carbons (Fsp3) is 0.300. The summed E-state index contributed by atoms with van der Waals surface area (Å²) in [5, 5.41) is 0. The van der Waals surface area contributed by atoms with Crippen molar-refractivity contribution in [3.8, 4) is 0 Å². The predicted octanol–water partition coefficient (Wildman–Crippen LogP) is 1.37. The Bertz CT molecular complexity index is 1200. The maximum absolute atomic E-state index is 13.1. The summed E-state index contributed by atoms with van der Waals surface area (Å²) >= 11 is 0. The highest BCUT2D eigenvalue weighted by atomic mass is 32.2. The molecule has 1 aliphatic heterocycles. The zero-order valence-corrected chi connectivity index (χ0v) is 18.6. The van der Waals surface area contributed by atoms with E-state index in [0.717, 1.165) is 11.4 Å². The SMILES string of the molecule is COC(=O)c1ccccc1S(=O)(=O)N1CCN(S(=O)(=O)c2ccc(C(C)=O)cc2)CC1. The maximum atomic E-state index is 13.1. The highest BCUT2D eigenvalue weighted by Gasteiger charge is 2.35. The third-order valence-corrected chi connectivity index (χ3v) is 8.88. The van der Waals surface area contributed by atoms with Crippen LogP contribution in [0, 0.1) is 0 Å². The summed E-state index contributed by atoms with van der Waals surface area (Å²) in [4.78, 5) is 23.2. The van der Waals surface area contributed by atoms with Crippen LogP contribution in [0.2, 0.25) is 0 Å². The molecule has 1 fully saturated rings. The van der Waals surface area contributed by atoms with Crippen molar-refractivity contribution >= 4 is 31.8 Å². The van der Waals surface area contributed by atoms with E-state index in [4.69, 9.17) is 0 Å². The second-order valence-corrected chi connectivity index (χ2v) is 10.7. The zero-order valence-electron chi connectivity index (χ0n) is 17.0. The van der Waals surface area contributed by atoms with Gasteiger partial charge in [-0.05, 0) is 31.2 Å². The van der Waals surface area contributed by atoms with Crippen molar-refractivity contribution in [2.75, 3.05) is 33.3 Å². The summed E-state index contributed by atoms with van der Waals surface area (Å²) in [5.74, 6) is -0.940. The number of ether oxygens (including phenoxy) is 1. The van der Waals surface area contributed by atoms with Crippen LogP contribution in [0.4, 0.5) is 0 Å². The van der Waals surface area contributed by atoms with Gasteiger partial charge in [-0.2, -0.15) is 8.61 Å². The molecular formula is C20H22N2O7S2. The Morgan fingerprint density at radius 2 is 1.32 bits per heavy atom. The lowest BCUT2D eigenvalue weighted by Gasteiger charge is -2.33. The van der Waals surface area contributed by atoms with Gasteiger partial charge in [-0.15, -0.1) is 0 Å². The van der Waals surface area contributed by atoms with Crippen molar-refractivity contribution in [1.82, 2.24) is 8.61 Å². The van der Waals surface area contributed by atoms with Crippen molar-refractivity contribution in [2.24, 2.45) is 0 Å². The second-order valence-electron chi connectivity index (χ2n) is 6.88. The molecule has 166 valence electrons. The molecule has 2 aromatic carbocycles. The van der Waals surface area contributed by atoms with E-state index < -0.39 is 26.0 Å². The van der Waals surface area contributed by atoms with Crippen molar-refractivity contribution in [2.45, 2.75) is 16.7 Å². The van der Waals surface area contributed by atoms with Gasteiger partial charge in [0, 0.05) is 31.7 Å². The van der Waals surface area contributed by atoms with Gasteiger partial charge in [-0.3, -0.25) is 4.79 Å². The monoisotopic (exact) mass is 466 g/mol. The van der Waals surface area contributed by atoms with Crippen molar-refractivity contribution in [3.05, 3.63) is 59.7 Å². The molecule has 0 bridgehead atoms. The van der Waals surface area contributed by atoms with Gasteiger partial charge in [0.25, 0.3) is 0 Å². The number of Topliss-reactive ketones (excluding diaryl/α,β-unsaturated/α-hetero) is 1. The fourth-order valence-electron chi connectivity index (χ4n) is 3.27. The molecule has 2 aromatic rings. The lowest BCUT2D eigenvalue weighted by atomic mass is 10.2. The fourth-order valence-corrected chi connectivity index (χ4v) is 6.29. The number of methoxy groups -OCH3 is 1. The highest BCUT2D eigenvalue weighted by molar-refractivity contribution is 7.89. The molecule has 0 radical (unpaired) electrons. The molecule has 11 heteroatoms. The minimum atomic E-state index is -4.02. The van der Waals surface area contributed by atoms with Crippen LogP contribution in [-0.4, -0.2) is 70.5 Å². The molecule has 9 nitrogen and oxygen atoms in total. The molecule has 0 aromatic heterocycles. The standard InChI is InChI=1S/C20H22N2O7S2/c1-15(23)16-7-9-17(10-8-16)30(25,26)21-11-13-22(14-12-21)31(27,28)19-6-4-3-5-18(19)20(24)29-2/h3-10H,11-14H2,1-2H3. The average Bonchev–Trinajstić information content (AvgIpc) is 2.78. The Morgan fingerprint density at radius 1 is 0.806 bits per heavy atom. The molecule has 0 unspecified atom stereocenters. The van der Waals surface area contributed by atoms with E-state index in [9.17, 15) is 26.4 Å². The molecule has 31 heavy (non-hydrogen) atoms. The first kappa shape index (κ1) is 23.1. The number of carbonyl (C=O) groups excluding carboxylic acids is 2. The lowest BCUT2D eigenvalue weighted by Crippen LogP contribution is -2.50. The molecule has 0 saturated carbocycles. The number of piperazine rings is 1. The Hall–Kier alpha value is -2.60. The zero-order chi connectivity index (χ0) is 22.8. The average molecular weight is 467 g/mol. The predicted molar refractivity (Wildman–Crippen MR) is 112 cm³/mol. The van der Waals surface area contributed by atoms with E-state index in [1.807, 2.05) is 0 Å². The van der Waals surface area contributed by atoms with Gasteiger partial charge < -0.3 is 4.74 Å². The lowest BCUT2D eigenvalue weighted by molar-refractivity contribution is 0.0596. The first-order valence-corrected chi connectivity index (χ1v) is 12.3. The number of rotatable bonds is 6. The van der Waals surface area contributed by atoms with E-state index in [-0.39, 0.29) is 47.3 Å². The number of nitrogens with zero attached hydrogens (tertiary/aromatic N) is 2. The van der Waals surface area contributed by atoms with Crippen molar-refractivity contribution in [1.29, 1.82) is 0 Å². The number of hydrogen-bond acceptors (Lipinski definition) is 7. The maximum Gasteiger partial charge on any atom is 0.339 e. The van der Waals surface area contributed by atoms with E-state index in [2.05, 4.69) is 4.74 Å². The van der Waals surface area contributed by atoms with Gasteiger partial charge >= 0.3 is 5.97 Å².